The van der Waals surface area contributed by atoms with E-state index in [2.05, 4.69) is 51.2 Å². The largest absolute Gasteiger partial charge is 0.303 e. The van der Waals surface area contributed by atoms with Crippen molar-refractivity contribution in [3.05, 3.63) is 33.3 Å². The van der Waals surface area contributed by atoms with E-state index in [1.807, 2.05) is 13.0 Å². The normalized spacial score (nSPS) is 10.9. The van der Waals surface area contributed by atoms with Gasteiger partial charge >= 0.3 is 0 Å². The molecule has 12 heavy (non-hydrogen) atoms. The summed E-state index contributed by atoms with van der Waals surface area (Å²) in [6, 6.07) is 4.11. The Hall–Kier alpha value is -0.580. The van der Waals surface area contributed by atoms with Crippen molar-refractivity contribution in [1.29, 1.82) is 0 Å². The second-order valence-corrected chi connectivity index (χ2v) is 4.10. The van der Waals surface area contributed by atoms with Crippen LogP contribution >= 0.6 is 22.6 Å². The molecule has 2 rings (SSSR count). The van der Waals surface area contributed by atoms with Crippen LogP contribution in [0.4, 0.5) is 0 Å². The van der Waals surface area contributed by atoms with Crippen molar-refractivity contribution in [2.24, 2.45) is 0 Å². The molecule has 0 atom stereocenters. The predicted octanol–water partition coefficient (Wildman–Crippen LogP) is 2.56. The van der Waals surface area contributed by atoms with Gasteiger partial charge in [-0.05, 0) is 48.6 Å². The Balaban J connectivity index is 2.88. The van der Waals surface area contributed by atoms with Crippen molar-refractivity contribution in [3.8, 4) is 0 Å². The lowest BCUT2D eigenvalue weighted by molar-refractivity contribution is 1.09. The van der Waals surface area contributed by atoms with Crippen LogP contribution in [-0.2, 0) is 0 Å². The number of hydrogen-bond donors (Lipinski definition) is 0. The van der Waals surface area contributed by atoms with E-state index in [0.717, 1.165) is 11.3 Å². The average molecular weight is 272 g/mol. The van der Waals surface area contributed by atoms with E-state index < -0.39 is 0 Å². The standard InChI is InChI=1S/C9H9IN2/c1-6-7(2)12-5-8(10)3-4-9(12)11-6/h3-5H,1-2H3. The van der Waals surface area contributed by atoms with Gasteiger partial charge < -0.3 is 4.40 Å². The Morgan fingerprint density at radius 2 is 2.08 bits per heavy atom. The number of pyridine rings is 1. The molecule has 0 unspecified atom stereocenters. The van der Waals surface area contributed by atoms with Crippen LogP contribution in [0.2, 0.25) is 0 Å². The predicted molar refractivity (Wildman–Crippen MR) is 57.4 cm³/mol. The lowest BCUT2D eigenvalue weighted by atomic mass is 10.4. The number of fused-ring (bicyclic) bond motifs is 1. The third kappa shape index (κ3) is 1.12. The fourth-order valence-corrected chi connectivity index (χ4v) is 1.71. The van der Waals surface area contributed by atoms with Gasteiger partial charge in [-0.15, -0.1) is 0 Å². The van der Waals surface area contributed by atoms with Crippen LogP contribution in [0, 0.1) is 17.4 Å². The number of hydrogen-bond acceptors (Lipinski definition) is 1. The summed E-state index contributed by atoms with van der Waals surface area (Å²) in [6.07, 6.45) is 2.10. The van der Waals surface area contributed by atoms with Crippen LogP contribution in [0.3, 0.4) is 0 Å². The number of imidazole rings is 1. The molecule has 2 aromatic heterocycles. The topological polar surface area (TPSA) is 17.3 Å². The van der Waals surface area contributed by atoms with Gasteiger partial charge in [-0.1, -0.05) is 0 Å². The van der Waals surface area contributed by atoms with E-state index in [4.69, 9.17) is 0 Å². The Morgan fingerprint density at radius 3 is 2.83 bits per heavy atom. The number of aromatic nitrogens is 2. The van der Waals surface area contributed by atoms with Crippen molar-refractivity contribution < 1.29 is 0 Å². The first kappa shape index (κ1) is 8.04. The Kier molecular flexibility index (Phi) is 1.83. The number of nitrogens with zero attached hydrogens (tertiary/aromatic N) is 2. The van der Waals surface area contributed by atoms with E-state index in [0.29, 0.717) is 0 Å². The fraction of sp³-hybridized carbons (Fsp3) is 0.222. The minimum absolute atomic E-state index is 1.03. The van der Waals surface area contributed by atoms with Crippen LogP contribution in [0.15, 0.2) is 18.3 Å². The van der Waals surface area contributed by atoms with Crippen LogP contribution in [0.5, 0.6) is 0 Å². The molecule has 0 aliphatic carbocycles. The highest BCUT2D eigenvalue weighted by Crippen LogP contribution is 2.13. The number of aryl methyl sites for hydroxylation is 2. The highest BCUT2D eigenvalue weighted by molar-refractivity contribution is 14.1. The SMILES string of the molecule is Cc1nc2ccc(I)cn2c1C. The summed E-state index contributed by atoms with van der Waals surface area (Å²) < 4.78 is 3.36. The molecule has 0 amide bonds. The van der Waals surface area contributed by atoms with E-state index in [1.54, 1.807) is 0 Å². The monoisotopic (exact) mass is 272 g/mol. The maximum Gasteiger partial charge on any atom is 0.137 e. The molecule has 0 radical (unpaired) electrons. The summed E-state index contributed by atoms with van der Waals surface area (Å²) >= 11 is 2.31. The van der Waals surface area contributed by atoms with Crippen molar-refractivity contribution in [2.45, 2.75) is 13.8 Å². The molecular formula is C9H9IN2. The van der Waals surface area contributed by atoms with E-state index >= 15 is 0 Å². The first-order valence-corrected chi connectivity index (χ1v) is 4.87. The molecule has 0 spiro atoms. The molecule has 3 heteroatoms. The third-order valence-corrected chi connectivity index (χ3v) is 2.70. The summed E-state index contributed by atoms with van der Waals surface area (Å²) in [5.74, 6) is 0. The smallest absolute Gasteiger partial charge is 0.137 e. The van der Waals surface area contributed by atoms with Gasteiger partial charge in [-0.2, -0.15) is 0 Å². The van der Waals surface area contributed by atoms with E-state index in [-0.39, 0.29) is 0 Å². The molecule has 0 aromatic carbocycles. The van der Waals surface area contributed by atoms with Gasteiger partial charge in [0.25, 0.3) is 0 Å². The minimum Gasteiger partial charge on any atom is -0.303 e. The van der Waals surface area contributed by atoms with Crippen LogP contribution in [-0.4, -0.2) is 9.38 Å². The highest BCUT2D eigenvalue weighted by atomic mass is 127. The van der Waals surface area contributed by atoms with Crippen molar-refractivity contribution >= 4 is 28.2 Å². The second-order valence-electron chi connectivity index (χ2n) is 2.86. The van der Waals surface area contributed by atoms with E-state index in [1.165, 1.54) is 9.26 Å². The van der Waals surface area contributed by atoms with Crippen LogP contribution < -0.4 is 0 Å². The third-order valence-electron chi connectivity index (χ3n) is 2.06. The molecule has 0 N–H and O–H groups in total. The van der Waals surface area contributed by atoms with Gasteiger partial charge in [-0.3, -0.25) is 0 Å². The maximum atomic E-state index is 4.41. The zero-order chi connectivity index (χ0) is 8.72. The van der Waals surface area contributed by atoms with Gasteiger partial charge in [0.1, 0.15) is 5.65 Å². The molecule has 2 heterocycles. The van der Waals surface area contributed by atoms with Crippen molar-refractivity contribution in [1.82, 2.24) is 9.38 Å². The summed E-state index contributed by atoms with van der Waals surface area (Å²) in [6.45, 7) is 4.13. The second kappa shape index (κ2) is 2.73. The highest BCUT2D eigenvalue weighted by Gasteiger charge is 2.02. The van der Waals surface area contributed by atoms with Gasteiger partial charge in [-0.25, -0.2) is 4.98 Å². The van der Waals surface area contributed by atoms with Crippen LogP contribution in [0.25, 0.3) is 5.65 Å². The zero-order valence-corrected chi connectivity index (χ0v) is 9.16. The molecule has 0 bridgehead atoms. The first-order valence-electron chi connectivity index (χ1n) is 3.79. The Bertz CT molecular complexity index is 431. The molecule has 2 aromatic rings. The molecule has 0 aliphatic rings. The van der Waals surface area contributed by atoms with Crippen molar-refractivity contribution in [3.63, 3.8) is 0 Å². The summed E-state index contributed by atoms with van der Waals surface area (Å²) in [5, 5.41) is 0. The number of rotatable bonds is 0. The zero-order valence-electron chi connectivity index (χ0n) is 7.00. The molecule has 62 valence electrons. The molecular weight excluding hydrogens is 263 g/mol. The van der Waals surface area contributed by atoms with Gasteiger partial charge in [0, 0.05) is 15.5 Å². The quantitative estimate of drug-likeness (QED) is 0.674. The summed E-state index contributed by atoms with van der Waals surface area (Å²) in [5.41, 5.74) is 3.37. The van der Waals surface area contributed by atoms with E-state index in [9.17, 15) is 0 Å². The number of halogens is 1. The van der Waals surface area contributed by atoms with Gasteiger partial charge in [0.15, 0.2) is 0 Å². The van der Waals surface area contributed by atoms with Crippen LogP contribution in [0.1, 0.15) is 11.4 Å². The maximum absolute atomic E-state index is 4.41. The van der Waals surface area contributed by atoms with Gasteiger partial charge in [0.05, 0.1) is 5.69 Å². The fourth-order valence-electron chi connectivity index (χ4n) is 1.25. The average Bonchev–Trinajstić information content (AvgIpc) is 2.31. The molecule has 0 saturated carbocycles. The Labute approximate surface area is 84.8 Å². The van der Waals surface area contributed by atoms with Crippen molar-refractivity contribution in [2.75, 3.05) is 0 Å². The Morgan fingerprint density at radius 1 is 1.33 bits per heavy atom. The molecule has 2 nitrogen and oxygen atoms in total. The van der Waals surface area contributed by atoms with Gasteiger partial charge in [0.2, 0.25) is 0 Å². The first-order chi connectivity index (χ1) is 5.68. The molecule has 0 saturated heterocycles. The molecule has 0 fully saturated rings. The summed E-state index contributed by atoms with van der Waals surface area (Å²) in [7, 11) is 0. The molecule has 0 aliphatic heterocycles. The summed E-state index contributed by atoms with van der Waals surface area (Å²) in [4.78, 5) is 4.41. The lowest BCUT2D eigenvalue weighted by Gasteiger charge is -1.96. The minimum atomic E-state index is 1.03. The lowest BCUT2D eigenvalue weighted by Crippen LogP contribution is -1.87.